The summed E-state index contributed by atoms with van der Waals surface area (Å²) in [4.78, 5) is 2.16. The number of thiophene rings is 2. The average Bonchev–Trinajstić information content (AvgIpc) is 2.86. The molecule has 0 aliphatic rings. The topological polar surface area (TPSA) is 29.5 Å². The lowest BCUT2D eigenvalue weighted by molar-refractivity contribution is 0.183. The number of hydrogen-bond acceptors (Lipinski definition) is 4. The summed E-state index contributed by atoms with van der Waals surface area (Å²) in [7, 11) is 1.64. The number of aliphatic hydroxyl groups excluding tert-OH is 1. The van der Waals surface area contributed by atoms with Crippen molar-refractivity contribution < 1.29 is 9.84 Å². The van der Waals surface area contributed by atoms with Crippen LogP contribution in [0, 0.1) is 0 Å². The largest absolute Gasteiger partial charge is 0.496 e. The third kappa shape index (κ3) is 2.59. The minimum atomic E-state index is -0.419. The van der Waals surface area contributed by atoms with Crippen LogP contribution in [0.25, 0.3) is 0 Å². The van der Waals surface area contributed by atoms with E-state index in [0.29, 0.717) is 6.42 Å². The summed E-state index contributed by atoms with van der Waals surface area (Å²) in [5, 5.41) is 13.9. The fourth-order valence-corrected chi connectivity index (χ4v) is 2.92. The highest BCUT2D eigenvalue weighted by Crippen LogP contribution is 2.29. The van der Waals surface area contributed by atoms with Gasteiger partial charge in [-0.3, -0.25) is 0 Å². The molecule has 0 fully saturated rings. The maximum absolute atomic E-state index is 9.96. The molecule has 0 saturated carbocycles. The Morgan fingerprint density at radius 1 is 1.47 bits per heavy atom. The summed E-state index contributed by atoms with van der Waals surface area (Å²) in [6, 6.07) is 5.93. The molecule has 2 nitrogen and oxygen atoms in total. The van der Waals surface area contributed by atoms with Crippen LogP contribution in [0.2, 0.25) is 0 Å². The lowest BCUT2D eigenvalue weighted by Crippen LogP contribution is -1.97. The second-order valence-corrected chi connectivity index (χ2v) is 5.16. The molecule has 15 heavy (non-hydrogen) atoms. The number of rotatable bonds is 4. The van der Waals surface area contributed by atoms with E-state index in [1.54, 1.807) is 18.4 Å². The first-order valence-electron chi connectivity index (χ1n) is 4.62. The predicted molar refractivity (Wildman–Crippen MR) is 63.9 cm³/mol. The van der Waals surface area contributed by atoms with Crippen LogP contribution < -0.4 is 4.74 Å². The smallest absolute Gasteiger partial charge is 0.129 e. The highest BCUT2D eigenvalue weighted by Gasteiger charge is 2.12. The first kappa shape index (κ1) is 10.7. The Bertz CT molecular complexity index is 406. The molecule has 0 aliphatic heterocycles. The molecule has 1 N–H and O–H groups in total. The molecule has 0 saturated heterocycles. The van der Waals surface area contributed by atoms with Crippen LogP contribution in [-0.4, -0.2) is 12.2 Å². The molecule has 0 amide bonds. The maximum atomic E-state index is 9.96. The number of aliphatic hydroxyl groups is 1. The van der Waals surface area contributed by atoms with Crippen molar-refractivity contribution in [1.82, 2.24) is 0 Å². The summed E-state index contributed by atoms with van der Waals surface area (Å²) >= 11 is 3.21. The van der Waals surface area contributed by atoms with Crippen molar-refractivity contribution in [1.29, 1.82) is 0 Å². The van der Waals surface area contributed by atoms with E-state index in [9.17, 15) is 5.11 Å². The van der Waals surface area contributed by atoms with Crippen LogP contribution in [0.15, 0.2) is 29.0 Å². The third-order valence-corrected chi connectivity index (χ3v) is 4.05. The van der Waals surface area contributed by atoms with Gasteiger partial charge in [0.1, 0.15) is 5.75 Å². The van der Waals surface area contributed by atoms with E-state index >= 15 is 0 Å². The van der Waals surface area contributed by atoms with E-state index in [2.05, 4.69) is 0 Å². The lowest BCUT2D eigenvalue weighted by Gasteiger charge is -2.05. The standard InChI is InChI=1S/C11H12O2S2/c1-13-8-5-11(15-7-8)10(12)6-9-3-2-4-14-9/h2-5,7,10,12H,6H2,1H3. The van der Waals surface area contributed by atoms with E-state index in [1.807, 2.05) is 29.0 Å². The molecule has 2 aromatic rings. The SMILES string of the molecule is COc1csc(C(O)Cc2cccs2)c1. The average molecular weight is 240 g/mol. The Hall–Kier alpha value is -0.840. The van der Waals surface area contributed by atoms with Gasteiger partial charge in [-0.1, -0.05) is 6.07 Å². The van der Waals surface area contributed by atoms with Crippen molar-refractivity contribution in [2.75, 3.05) is 7.11 Å². The molecular formula is C11H12O2S2. The number of methoxy groups -OCH3 is 1. The van der Waals surface area contributed by atoms with Gasteiger partial charge in [0.25, 0.3) is 0 Å². The molecular weight excluding hydrogens is 228 g/mol. The Morgan fingerprint density at radius 3 is 2.93 bits per heavy atom. The zero-order chi connectivity index (χ0) is 10.7. The molecule has 0 bridgehead atoms. The highest BCUT2D eigenvalue weighted by molar-refractivity contribution is 7.10. The van der Waals surface area contributed by atoms with Crippen molar-refractivity contribution in [2.24, 2.45) is 0 Å². The van der Waals surface area contributed by atoms with Crippen molar-refractivity contribution in [3.05, 3.63) is 38.7 Å². The molecule has 0 radical (unpaired) electrons. The first-order valence-corrected chi connectivity index (χ1v) is 6.38. The van der Waals surface area contributed by atoms with E-state index in [-0.39, 0.29) is 0 Å². The van der Waals surface area contributed by atoms with Gasteiger partial charge in [0.2, 0.25) is 0 Å². The van der Waals surface area contributed by atoms with Crippen molar-refractivity contribution in [3.8, 4) is 5.75 Å². The van der Waals surface area contributed by atoms with Crippen molar-refractivity contribution in [3.63, 3.8) is 0 Å². The molecule has 2 aromatic heterocycles. The Kier molecular flexibility index (Phi) is 3.41. The Balaban J connectivity index is 2.04. The van der Waals surface area contributed by atoms with Crippen molar-refractivity contribution >= 4 is 22.7 Å². The van der Waals surface area contributed by atoms with Gasteiger partial charge < -0.3 is 9.84 Å². The van der Waals surface area contributed by atoms with Gasteiger partial charge >= 0.3 is 0 Å². The highest BCUT2D eigenvalue weighted by atomic mass is 32.1. The van der Waals surface area contributed by atoms with E-state index in [4.69, 9.17) is 4.74 Å². The zero-order valence-electron chi connectivity index (χ0n) is 8.34. The van der Waals surface area contributed by atoms with Crippen LogP contribution >= 0.6 is 22.7 Å². The predicted octanol–water partition coefficient (Wildman–Crippen LogP) is 3.09. The van der Waals surface area contributed by atoms with Gasteiger partial charge in [-0.05, 0) is 17.5 Å². The summed E-state index contributed by atoms with van der Waals surface area (Å²) in [6.07, 6.45) is 0.263. The molecule has 0 spiro atoms. The fourth-order valence-electron chi connectivity index (χ4n) is 1.34. The van der Waals surface area contributed by atoms with Crippen LogP contribution in [0.5, 0.6) is 5.75 Å². The zero-order valence-corrected chi connectivity index (χ0v) is 9.98. The van der Waals surface area contributed by atoms with Gasteiger partial charge in [-0.25, -0.2) is 0 Å². The monoisotopic (exact) mass is 240 g/mol. The first-order chi connectivity index (χ1) is 7.29. The van der Waals surface area contributed by atoms with Crippen LogP contribution in [0.4, 0.5) is 0 Å². The van der Waals surface area contributed by atoms with Crippen LogP contribution in [0.3, 0.4) is 0 Å². The summed E-state index contributed by atoms with van der Waals surface area (Å²) < 4.78 is 5.08. The summed E-state index contributed by atoms with van der Waals surface area (Å²) in [5.41, 5.74) is 0. The minimum absolute atomic E-state index is 0.419. The third-order valence-electron chi connectivity index (χ3n) is 2.13. The van der Waals surface area contributed by atoms with Gasteiger partial charge in [0, 0.05) is 21.6 Å². The normalized spacial score (nSPS) is 12.7. The van der Waals surface area contributed by atoms with E-state index in [0.717, 1.165) is 10.6 Å². The molecule has 80 valence electrons. The Morgan fingerprint density at radius 2 is 2.33 bits per heavy atom. The maximum Gasteiger partial charge on any atom is 0.129 e. The molecule has 2 rings (SSSR count). The summed E-state index contributed by atoms with van der Waals surface area (Å²) in [6.45, 7) is 0. The number of hydrogen-bond donors (Lipinski definition) is 1. The second kappa shape index (κ2) is 4.79. The molecule has 0 aliphatic carbocycles. The molecule has 0 aromatic carbocycles. The molecule has 1 atom stereocenters. The van der Waals surface area contributed by atoms with Gasteiger partial charge in [0.15, 0.2) is 0 Å². The van der Waals surface area contributed by atoms with Crippen molar-refractivity contribution in [2.45, 2.75) is 12.5 Å². The molecule has 1 unspecified atom stereocenters. The quantitative estimate of drug-likeness (QED) is 0.890. The van der Waals surface area contributed by atoms with E-state index in [1.165, 1.54) is 16.2 Å². The minimum Gasteiger partial charge on any atom is -0.496 e. The van der Waals surface area contributed by atoms with Gasteiger partial charge in [0.05, 0.1) is 13.2 Å². The summed E-state index contributed by atoms with van der Waals surface area (Å²) in [5.74, 6) is 0.820. The van der Waals surface area contributed by atoms with Crippen LogP contribution in [0.1, 0.15) is 15.9 Å². The van der Waals surface area contributed by atoms with Gasteiger partial charge in [-0.15, -0.1) is 22.7 Å². The fraction of sp³-hybridized carbons (Fsp3) is 0.273. The van der Waals surface area contributed by atoms with E-state index < -0.39 is 6.10 Å². The van der Waals surface area contributed by atoms with Gasteiger partial charge in [-0.2, -0.15) is 0 Å². The molecule has 4 heteroatoms. The number of ether oxygens (including phenoxy) is 1. The molecule has 2 heterocycles. The Labute approximate surface area is 96.8 Å². The van der Waals surface area contributed by atoms with Crippen LogP contribution in [-0.2, 0) is 6.42 Å². The lowest BCUT2D eigenvalue weighted by atomic mass is 10.2. The second-order valence-electron chi connectivity index (χ2n) is 3.19.